The highest BCUT2D eigenvalue weighted by molar-refractivity contribution is 9.10. The normalized spacial score (nSPS) is 10.7. The number of halogens is 1. The Hall–Kier alpha value is -2.04. The van der Waals surface area contributed by atoms with E-state index >= 15 is 0 Å². The van der Waals surface area contributed by atoms with Gasteiger partial charge >= 0.3 is 0 Å². The van der Waals surface area contributed by atoms with Gasteiger partial charge < -0.3 is 4.74 Å². The lowest BCUT2D eigenvalue weighted by molar-refractivity contribution is 0.415. The van der Waals surface area contributed by atoms with Gasteiger partial charge in [-0.3, -0.25) is 4.72 Å². The summed E-state index contributed by atoms with van der Waals surface area (Å²) in [7, 11) is -2.22. The molecule has 21 heavy (non-hydrogen) atoms. The van der Waals surface area contributed by atoms with Crippen molar-refractivity contribution in [3.63, 3.8) is 0 Å². The van der Waals surface area contributed by atoms with Crippen LogP contribution in [-0.4, -0.2) is 15.5 Å². The van der Waals surface area contributed by atoms with Gasteiger partial charge in [0.2, 0.25) is 0 Å². The molecule has 0 amide bonds. The van der Waals surface area contributed by atoms with E-state index in [1.54, 1.807) is 18.2 Å². The van der Waals surface area contributed by atoms with E-state index in [9.17, 15) is 8.42 Å². The number of ether oxygens (including phenoxy) is 1. The molecule has 0 fully saturated rings. The van der Waals surface area contributed by atoms with Gasteiger partial charge in [0.25, 0.3) is 10.0 Å². The van der Waals surface area contributed by atoms with E-state index in [2.05, 4.69) is 20.7 Å². The monoisotopic (exact) mass is 366 g/mol. The van der Waals surface area contributed by atoms with Crippen LogP contribution in [0.5, 0.6) is 5.75 Å². The molecule has 0 heterocycles. The Morgan fingerprint density at radius 2 is 1.86 bits per heavy atom. The van der Waals surface area contributed by atoms with E-state index in [4.69, 9.17) is 10.00 Å². The van der Waals surface area contributed by atoms with Gasteiger partial charge in [-0.05, 0) is 36.4 Å². The standard InChI is InChI=1S/C14H11BrN2O3S/c1-20-13-7-11(15)6-12(8-13)17-21(18,19)14-4-2-10(9-16)3-5-14/h2-8,17H,1H3. The molecule has 0 aliphatic carbocycles. The van der Waals surface area contributed by atoms with Crippen LogP contribution in [-0.2, 0) is 10.0 Å². The molecule has 2 aromatic carbocycles. The highest BCUT2D eigenvalue weighted by Gasteiger charge is 2.14. The van der Waals surface area contributed by atoms with Crippen molar-refractivity contribution in [2.75, 3.05) is 11.8 Å². The first-order chi connectivity index (χ1) is 9.94. The fourth-order valence-corrected chi connectivity index (χ4v) is 3.17. The van der Waals surface area contributed by atoms with Crippen molar-refractivity contribution in [3.05, 3.63) is 52.5 Å². The second-order valence-corrected chi connectivity index (χ2v) is 6.72. The maximum Gasteiger partial charge on any atom is 0.261 e. The van der Waals surface area contributed by atoms with Crippen LogP contribution < -0.4 is 9.46 Å². The van der Waals surface area contributed by atoms with Gasteiger partial charge in [0.05, 0.1) is 29.3 Å². The second kappa shape index (κ2) is 6.16. The summed E-state index contributed by atoms with van der Waals surface area (Å²) in [5.74, 6) is 0.530. The molecule has 0 atom stereocenters. The number of hydrogen-bond acceptors (Lipinski definition) is 4. The van der Waals surface area contributed by atoms with Crippen molar-refractivity contribution < 1.29 is 13.2 Å². The summed E-state index contributed by atoms with van der Waals surface area (Å²) in [6.07, 6.45) is 0. The molecular formula is C14H11BrN2O3S. The zero-order valence-corrected chi connectivity index (χ0v) is 13.4. The number of rotatable bonds is 4. The van der Waals surface area contributed by atoms with E-state index in [-0.39, 0.29) is 4.90 Å². The van der Waals surface area contributed by atoms with E-state index in [1.165, 1.54) is 31.4 Å². The Balaban J connectivity index is 2.32. The van der Waals surface area contributed by atoms with Crippen LogP contribution in [0.3, 0.4) is 0 Å². The summed E-state index contributed by atoms with van der Waals surface area (Å²) in [5, 5.41) is 8.72. The fraction of sp³-hybridized carbons (Fsp3) is 0.0714. The Kier molecular flexibility index (Phi) is 4.50. The van der Waals surface area contributed by atoms with Gasteiger partial charge in [0.15, 0.2) is 0 Å². The Labute approximate surface area is 131 Å². The van der Waals surface area contributed by atoms with Crippen molar-refractivity contribution in [2.45, 2.75) is 4.90 Å². The summed E-state index contributed by atoms with van der Waals surface area (Å²) in [5.41, 5.74) is 0.781. The van der Waals surface area contributed by atoms with Gasteiger partial charge in [0.1, 0.15) is 5.75 Å². The molecule has 0 radical (unpaired) electrons. The molecule has 0 saturated heterocycles. The summed E-state index contributed by atoms with van der Waals surface area (Å²) in [6, 6.07) is 12.5. The molecule has 2 rings (SSSR count). The molecule has 0 unspecified atom stereocenters. The van der Waals surface area contributed by atoms with E-state index in [0.29, 0.717) is 21.5 Å². The molecule has 0 aliphatic heterocycles. The number of nitrogens with zero attached hydrogens (tertiary/aromatic N) is 1. The maximum atomic E-state index is 12.3. The van der Waals surface area contributed by atoms with Crippen LogP contribution in [0.15, 0.2) is 51.8 Å². The highest BCUT2D eigenvalue weighted by Crippen LogP contribution is 2.26. The first-order valence-corrected chi connectivity index (χ1v) is 8.10. The quantitative estimate of drug-likeness (QED) is 0.901. The third-order valence-corrected chi connectivity index (χ3v) is 4.51. The zero-order chi connectivity index (χ0) is 15.5. The number of nitriles is 1. The average molecular weight is 367 g/mol. The zero-order valence-electron chi connectivity index (χ0n) is 11.0. The number of anilines is 1. The lowest BCUT2D eigenvalue weighted by Gasteiger charge is -2.10. The lowest BCUT2D eigenvalue weighted by atomic mass is 10.2. The number of hydrogen-bond donors (Lipinski definition) is 1. The van der Waals surface area contributed by atoms with Gasteiger partial charge in [0, 0.05) is 10.5 Å². The number of methoxy groups -OCH3 is 1. The van der Waals surface area contributed by atoms with Crippen LogP contribution in [0.25, 0.3) is 0 Å². The highest BCUT2D eigenvalue weighted by atomic mass is 79.9. The molecule has 0 bridgehead atoms. The average Bonchev–Trinajstić information content (AvgIpc) is 2.46. The fourth-order valence-electron chi connectivity index (χ4n) is 1.66. The molecule has 2 aromatic rings. The molecule has 7 heteroatoms. The summed E-state index contributed by atoms with van der Waals surface area (Å²) >= 11 is 3.29. The van der Waals surface area contributed by atoms with E-state index in [0.717, 1.165) is 0 Å². The first-order valence-electron chi connectivity index (χ1n) is 5.82. The van der Waals surface area contributed by atoms with Crippen molar-refractivity contribution in [3.8, 4) is 11.8 Å². The molecule has 0 aliphatic rings. The van der Waals surface area contributed by atoms with Crippen molar-refractivity contribution in [1.29, 1.82) is 5.26 Å². The SMILES string of the molecule is COc1cc(Br)cc(NS(=O)(=O)c2ccc(C#N)cc2)c1. The largest absolute Gasteiger partial charge is 0.497 e. The van der Waals surface area contributed by atoms with Crippen molar-refractivity contribution in [2.24, 2.45) is 0 Å². The minimum absolute atomic E-state index is 0.0837. The summed E-state index contributed by atoms with van der Waals surface area (Å²) < 4.78 is 32.8. The Morgan fingerprint density at radius 1 is 1.19 bits per heavy atom. The maximum absolute atomic E-state index is 12.3. The van der Waals surface area contributed by atoms with Crippen LogP contribution in [0.4, 0.5) is 5.69 Å². The molecule has 0 saturated carbocycles. The van der Waals surface area contributed by atoms with Gasteiger partial charge in [-0.25, -0.2) is 8.42 Å². The second-order valence-electron chi connectivity index (χ2n) is 4.12. The number of sulfonamides is 1. The van der Waals surface area contributed by atoms with Crippen molar-refractivity contribution in [1.82, 2.24) is 0 Å². The summed E-state index contributed by atoms with van der Waals surface area (Å²) in [6.45, 7) is 0. The minimum atomic E-state index is -3.72. The smallest absolute Gasteiger partial charge is 0.261 e. The first kappa shape index (κ1) is 15.4. The molecular weight excluding hydrogens is 356 g/mol. The van der Waals surface area contributed by atoms with Crippen molar-refractivity contribution >= 4 is 31.6 Å². The predicted octanol–water partition coefficient (Wildman–Crippen LogP) is 3.13. The summed E-state index contributed by atoms with van der Waals surface area (Å²) in [4.78, 5) is 0.0837. The van der Waals surface area contributed by atoms with Crippen LogP contribution in [0.1, 0.15) is 5.56 Å². The Bertz CT molecular complexity index is 796. The molecule has 5 nitrogen and oxygen atoms in total. The van der Waals surface area contributed by atoms with Crippen LogP contribution in [0.2, 0.25) is 0 Å². The molecule has 1 N–H and O–H groups in total. The Morgan fingerprint density at radius 3 is 2.43 bits per heavy atom. The van der Waals surface area contributed by atoms with E-state index < -0.39 is 10.0 Å². The number of nitrogens with one attached hydrogen (secondary N) is 1. The van der Waals surface area contributed by atoms with Gasteiger partial charge in [-0.1, -0.05) is 15.9 Å². The molecule has 0 aromatic heterocycles. The number of benzene rings is 2. The predicted molar refractivity (Wildman–Crippen MR) is 82.7 cm³/mol. The topological polar surface area (TPSA) is 79.2 Å². The third kappa shape index (κ3) is 3.74. The van der Waals surface area contributed by atoms with E-state index in [1.807, 2.05) is 6.07 Å². The molecule has 108 valence electrons. The van der Waals surface area contributed by atoms with Crippen LogP contribution >= 0.6 is 15.9 Å². The van der Waals surface area contributed by atoms with Gasteiger partial charge in [-0.15, -0.1) is 0 Å². The van der Waals surface area contributed by atoms with Crippen LogP contribution in [0, 0.1) is 11.3 Å². The molecule has 0 spiro atoms. The minimum Gasteiger partial charge on any atom is -0.497 e. The lowest BCUT2D eigenvalue weighted by Crippen LogP contribution is -2.13. The van der Waals surface area contributed by atoms with Gasteiger partial charge in [-0.2, -0.15) is 5.26 Å². The third-order valence-electron chi connectivity index (χ3n) is 2.65.